The van der Waals surface area contributed by atoms with Gasteiger partial charge in [0.25, 0.3) is 5.91 Å². The summed E-state index contributed by atoms with van der Waals surface area (Å²) < 4.78 is 40.8. The summed E-state index contributed by atoms with van der Waals surface area (Å²) in [5, 5.41) is 0. The average molecular weight is 419 g/mol. The van der Waals surface area contributed by atoms with Crippen LogP contribution in [0.1, 0.15) is 36.2 Å². The molecule has 0 unspecified atom stereocenters. The molecule has 1 aliphatic rings. The second-order valence-electron chi connectivity index (χ2n) is 8.08. The summed E-state index contributed by atoms with van der Waals surface area (Å²) in [7, 11) is -2.01. The third-order valence-corrected chi connectivity index (χ3v) is 7.06. The molecule has 0 radical (unpaired) electrons. The van der Waals surface area contributed by atoms with E-state index in [1.54, 1.807) is 31.3 Å². The second kappa shape index (κ2) is 8.63. The maximum atomic E-state index is 13.1. The van der Waals surface area contributed by atoms with Crippen molar-refractivity contribution in [2.45, 2.75) is 31.7 Å². The fraction of sp³-hybridized carbons (Fsp3) is 0.409. The topological polar surface area (TPSA) is 57.7 Å². The van der Waals surface area contributed by atoms with Gasteiger partial charge in [-0.1, -0.05) is 32.0 Å². The summed E-state index contributed by atoms with van der Waals surface area (Å²) in [4.78, 5) is 14.4. The van der Waals surface area contributed by atoms with Gasteiger partial charge < -0.3 is 4.90 Å². The molecule has 0 bridgehead atoms. The highest BCUT2D eigenvalue weighted by Gasteiger charge is 2.32. The molecule has 1 heterocycles. The van der Waals surface area contributed by atoms with Crippen molar-refractivity contribution in [1.29, 1.82) is 0 Å². The molecule has 2 atom stereocenters. The minimum atomic E-state index is -3.65. The van der Waals surface area contributed by atoms with E-state index in [-0.39, 0.29) is 16.6 Å². The molecule has 1 fully saturated rings. The number of rotatable bonds is 5. The van der Waals surface area contributed by atoms with E-state index < -0.39 is 10.0 Å². The molecule has 29 heavy (non-hydrogen) atoms. The van der Waals surface area contributed by atoms with Gasteiger partial charge in [0.15, 0.2) is 0 Å². The van der Waals surface area contributed by atoms with Gasteiger partial charge in [0, 0.05) is 32.2 Å². The van der Waals surface area contributed by atoms with E-state index in [1.165, 1.54) is 33.5 Å². The Morgan fingerprint density at radius 2 is 1.72 bits per heavy atom. The van der Waals surface area contributed by atoms with Crippen LogP contribution < -0.4 is 0 Å². The van der Waals surface area contributed by atoms with Gasteiger partial charge in [0.2, 0.25) is 10.0 Å². The largest absolute Gasteiger partial charge is 0.337 e. The highest BCUT2D eigenvalue weighted by atomic mass is 32.2. The maximum Gasteiger partial charge on any atom is 0.253 e. The fourth-order valence-corrected chi connectivity index (χ4v) is 5.62. The number of nitrogens with zero attached hydrogens (tertiary/aromatic N) is 2. The zero-order valence-corrected chi connectivity index (χ0v) is 17.8. The number of sulfonamides is 1. The lowest BCUT2D eigenvalue weighted by atomic mass is 9.94. The van der Waals surface area contributed by atoms with Gasteiger partial charge in [0.05, 0.1) is 4.90 Å². The smallest absolute Gasteiger partial charge is 0.253 e. The van der Waals surface area contributed by atoms with Gasteiger partial charge in [0.1, 0.15) is 5.82 Å². The van der Waals surface area contributed by atoms with Crippen molar-refractivity contribution in [3.8, 4) is 0 Å². The van der Waals surface area contributed by atoms with E-state index in [2.05, 4.69) is 13.8 Å². The number of benzene rings is 2. The van der Waals surface area contributed by atoms with E-state index in [9.17, 15) is 17.6 Å². The summed E-state index contributed by atoms with van der Waals surface area (Å²) >= 11 is 0. The number of amides is 1. The number of hydrogen-bond acceptors (Lipinski definition) is 3. The SMILES string of the molecule is C[C@H]1C[C@H](C)CN(S(=O)(=O)c2cccc(C(=O)N(C)Cc3ccc(F)cc3)c2)C1. The Balaban J connectivity index is 1.79. The third-order valence-electron chi connectivity index (χ3n) is 5.23. The van der Waals surface area contributed by atoms with Crippen LogP contribution in [0.3, 0.4) is 0 Å². The normalized spacial score (nSPS) is 20.4. The van der Waals surface area contributed by atoms with E-state index in [0.717, 1.165) is 12.0 Å². The molecule has 5 nitrogen and oxygen atoms in total. The number of hydrogen-bond donors (Lipinski definition) is 0. The lowest BCUT2D eigenvalue weighted by Gasteiger charge is -2.34. The Bertz CT molecular complexity index is 966. The van der Waals surface area contributed by atoms with Crippen LogP contribution in [0.15, 0.2) is 53.4 Å². The van der Waals surface area contributed by atoms with Gasteiger partial charge in [-0.25, -0.2) is 12.8 Å². The van der Waals surface area contributed by atoms with E-state index in [4.69, 9.17) is 0 Å². The highest BCUT2D eigenvalue weighted by molar-refractivity contribution is 7.89. The Morgan fingerprint density at radius 3 is 2.34 bits per heavy atom. The minimum absolute atomic E-state index is 0.139. The van der Waals surface area contributed by atoms with Crippen LogP contribution in [0, 0.1) is 17.7 Å². The van der Waals surface area contributed by atoms with Crippen molar-refractivity contribution in [1.82, 2.24) is 9.21 Å². The lowest BCUT2D eigenvalue weighted by Crippen LogP contribution is -2.42. The van der Waals surface area contributed by atoms with Crippen molar-refractivity contribution >= 4 is 15.9 Å². The quantitative estimate of drug-likeness (QED) is 0.743. The van der Waals surface area contributed by atoms with Crippen LogP contribution in [0.25, 0.3) is 0 Å². The van der Waals surface area contributed by atoms with E-state index >= 15 is 0 Å². The predicted molar refractivity (Wildman–Crippen MR) is 110 cm³/mol. The molecule has 1 aliphatic heterocycles. The Labute approximate surface area is 172 Å². The predicted octanol–water partition coefficient (Wildman–Crippen LogP) is 3.76. The van der Waals surface area contributed by atoms with Gasteiger partial charge >= 0.3 is 0 Å². The van der Waals surface area contributed by atoms with Gasteiger partial charge in [-0.2, -0.15) is 4.31 Å². The Hall–Kier alpha value is -2.25. The molecule has 0 N–H and O–H groups in total. The molecular weight excluding hydrogens is 391 g/mol. The Morgan fingerprint density at radius 1 is 1.10 bits per heavy atom. The molecule has 1 amide bonds. The molecular formula is C22H27FN2O3S. The van der Waals surface area contributed by atoms with E-state index in [0.29, 0.717) is 37.0 Å². The number of carbonyl (C=O) groups excluding carboxylic acids is 1. The average Bonchev–Trinajstić information content (AvgIpc) is 2.68. The molecule has 2 aromatic carbocycles. The van der Waals surface area contributed by atoms with Crippen LogP contribution in [0.4, 0.5) is 4.39 Å². The number of piperidine rings is 1. The van der Waals surface area contributed by atoms with Crippen LogP contribution in [0.2, 0.25) is 0 Å². The zero-order chi connectivity index (χ0) is 21.2. The summed E-state index contributed by atoms with van der Waals surface area (Å²) in [5.74, 6) is -0.00546. The summed E-state index contributed by atoms with van der Waals surface area (Å²) in [5.41, 5.74) is 1.11. The van der Waals surface area contributed by atoms with Crippen LogP contribution >= 0.6 is 0 Å². The summed E-state index contributed by atoms with van der Waals surface area (Å²) in [6.45, 7) is 5.41. The molecule has 0 aliphatic carbocycles. The second-order valence-corrected chi connectivity index (χ2v) is 10.0. The van der Waals surface area contributed by atoms with Gasteiger partial charge in [-0.05, 0) is 54.2 Å². The molecule has 7 heteroatoms. The monoisotopic (exact) mass is 418 g/mol. The summed E-state index contributed by atoms with van der Waals surface area (Å²) in [6.07, 6.45) is 1.01. The Kier molecular flexibility index (Phi) is 6.39. The van der Waals surface area contributed by atoms with Crippen molar-refractivity contribution in [2.24, 2.45) is 11.8 Å². The van der Waals surface area contributed by atoms with E-state index in [1.807, 2.05) is 0 Å². The molecule has 3 rings (SSSR count). The van der Waals surface area contributed by atoms with Crippen LogP contribution in [-0.4, -0.2) is 43.7 Å². The van der Waals surface area contributed by atoms with Crippen molar-refractivity contribution in [3.05, 3.63) is 65.5 Å². The van der Waals surface area contributed by atoms with Crippen molar-refractivity contribution in [3.63, 3.8) is 0 Å². The highest BCUT2D eigenvalue weighted by Crippen LogP contribution is 2.27. The number of halogens is 1. The molecule has 0 aromatic heterocycles. The first-order valence-electron chi connectivity index (χ1n) is 9.77. The van der Waals surface area contributed by atoms with Crippen molar-refractivity contribution in [2.75, 3.05) is 20.1 Å². The standard InChI is InChI=1S/C22H27FN2O3S/c1-16-11-17(2)14-25(13-16)29(27,28)21-6-4-5-19(12-21)22(26)24(3)15-18-7-9-20(23)10-8-18/h4-10,12,16-17H,11,13-15H2,1-3H3/t16-,17-/m0/s1. The zero-order valence-electron chi connectivity index (χ0n) is 17.0. The summed E-state index contributed by atoms with van der Waals surface area (Å²) in [6, 6.07) is 12.1. The molecule has 2 aromatic rings. The fourth-order valence-electron chi connectivity index (χ4n) is 3.90. The molecule has 0 saturated carbocycles. The third kappa shape index (κ3) is 5.03. The van der Waals surface area contributed by atoms with Gasteiger partial charge in [-0.15, -0.1) is 0 Å². The molecule has 0 spiro atoms. The minimum Gasteiger partial charge on any atom is -0.337 e. The first kappa shape index (κ1) is 21.5. The molecule has 1 saturated heterocycles. The first-order valence-corrected chi connectivity index (χ1v) is 11.2. The van der Waals surface area contributed by atoms with Crippen molar-refractivity contribution < 1.29 is 17.6 Å². The molecule has 156 valence electrons. The van der Waals surface area contributed by atoms with Crippen LogP contribution in [0.5, 0.6) is 0 Å². The lowest BCUT2D eigenvalue weighted by molar-refractivity contribution is 0.0785. The maximum absolute atomic E-state index is 13.1. The number of carbonyl (C=O) groups is 1. The van der Waals surface area contributed by atoms with Crippen LogP contribution in [-0.2, 0) is 16.6 Å². The first-order chi connectivity index (χ1) is 13.7. The van der Waals surface area contributed by atoms with Gasteiger partial charge in [-0.3, -0.25) is 4.79 Å².